The van der Waals surface area contributed by atoms with Gasteiger partial charge in [-0.15, -0.1) is 0 Å². The van der Waals surface area contributed by atoms with Gasteiger partial charge in [0, 0.05) is 5.92 Å². The van der Waals surface area contributed by atoms with Gasteiger partial charge < -0.3 is 4.43 Å². The minimum atomic E-state index is -1.09. The second-order valence-corrected chi connectivity index (χ2v) is 13.3. The van der Waals surface area contributed by atoms with Gasteiger partial charge in [-0.2, -0.15) is 0 Å². The maximum absolute atomic E-state index is 13.5. The zero-order valence-corrected chi connectivity index (χ0v) is 19.9. The molecule has 0 amide bonds. The molecule has 4 aliphatic carbocycles. The van der Waals surface area contributed by atoms with Crippen molar-refractivity contribution in [1.29, 1.82) is 0 Å². The van der Waals surface area contributed by atoms with Gasteiger partial charge >= 0.3 is 0 Å². The van der Waals surface area contributed by atoms with Crippen LogP contribution in [0.2, 0.25) is 13.1 Å². The van der Waals surface area contributed by atoms with E-state index in [1.165, 1.54) is 82.6 Å². The lowest BCUT2D eigenvalue weighted by molar-refractivity contribution is -0.139. The van der Waals surface area contributed by atoms with Crippen molar-refractivity contribution in [2.75, 3.05) is 0 Å². The molecule has 3 heteroatoms. The van der Waals surface area contributed by atoms with Crippen LogP contribution in [0, 0.1) is 28.6 Å². The van der Waals surface area contributed by atoms with Crippen LogP contribution in [0.1, 0.15) is 90.9 Å². The topological polar surface area (TPSA) is 26.3 Å². The van der Waals surface area contributed by atoms with Crippen LogP contribution in [0.3, 0.4) is 0 Å². The molecule has 0 aliphatic heterocycles. The molecular weight excluding hydrogens is 360 g/mol. The summed E-state index contributed by atoms with van der Waals surface area (Å²) in [6.07, 6.45) is 17.8. The molecular formula is C25H42O2Si. The van der Waals surface area contributed by atoms with Crippen molar-refractivity contribution in [3.05, 3.63) is 11.6 Å². The number of hydrogen-bond acceptors (Lipinski definition) is 2. The molecule has 0 radical (unpaired) electrons. The van der Waals surface area contributed by atoms with Gasteiger partial charge in [0.05, 0.1) is 6.10 Å². The molecule has 0 saturated heterocycles. The van der Waals surface area contributed by atoms with E-state index in [4.69, 9.17) is 4.43 Å². The van der Waals surface area contributed by atoms with E-state index in [9.17, 15) is 4.79 Å². The molecule has 3 fully saturated rings. The molecule has 4 aliphatic rings. The van der Waals surface area contributed by atoms with E-state index >= 15 is 0 Å². The third-order valence-electron chi connectivity index (χ3n) is 9.17. The van der Waals surface area contributed by atoms with Crippen molar-refractivity contribution in [2.45, 2.75) is 110 Å². The Labute approximate surface area is 174 Å². The fourth-order valence-corrected chi connectivity index (χ4v) is 8.98. The van der Waals surface area contributed by atoms with E-state index in [0.717, 1.165) is 0 Å². The Kier molecular flexibility index (Phi) is 5.97. The summed E-state index contributed by atoms with van der Waals surface area (Å²) in [6.45, 7) is 9.46. The van der Waals surface area contributed by atoms with Gasteiger partial charge in [0.1, 0.15) is 0 Å². The van der Waals surface area contributed by atoms with Gasteiger partial charge in [-0.25, -0.2) is 0 Å². The largest absolute Gasteiger partial charge is 0.417 e. The van der Waals surface area contributed by atoms with Crippen LogP contribution in [0.5, 0.6) is 0 Å². The lowest BCUT2D eigenvalue weighted by Gasteiger charge is -2.58. The third kappa shape index (κ3) is 3.29. The van der Waals surface area contributed by atoms with Crippen LogP contribution in [0.15, 0.2) is 11.6 Å². The van der Waals surface area contributed by atoms with Crippen molar-refractivity contribution < 1.29 is 9.22 Å². The second kappa shape index (κ2) is 8.02. The predicted octanol–water partition coefficient (Wildman–Crippen LogP) is 6.45. The first-order chi connectivity index (χ1) is 13.4. The molecule has 28 heavy (non-hydrogen) atoms. The Morgan fingerprint density at radius 2 is 1.96 bits per heavy atom. The maximum Gasteiger partial charge on any atom is 0.171 e. The summed E-state index contributed by atoms with van der Waals surface area (Å²) in [6, 6.07) is 0. The van der Waals surface area contributed by atoms with E-state index in [-0.39, 0.29) is 5.92 Å². The number of carbonyl (C=O) groups excluding carboxylic acids is 1. The second-order valence-electron chi connectivity index (χ2n) is 10.9. The average molecular weight is 403 g/mol. The lowest BCUT2D eigenvalue weighted by Crippen LogP contribution is -2.56. The molecule has 0 aromatic rings. The summed E-state index contributed by atoms with van der Waals surface area (Å²) in [7, 11) is -1.09. The average Bonchev–Trinajstić information content (AvgIpc) is 3.10. The van der Waals surface area contributed by atoms with Crippen LogP contribution < -0.4 is 0 Å². The molecule has 6 atom stereocenters. The van der Waals surface area contributed by atoms with Crippen LogP contribution in [0.4, 0.5) is 0 Å². The third-order valence-corrected chi connectivity index (χ3v) is 10.0. The summed E-state index contributed by atoms with van der Waals surface area (Å²) < 4.78 is 6.76. The molecule has 4 rings (SSSR count). The molecule has 0 heterocycles. The first-order valence-corrected chi connectivity index (χ1v) is 15.1. The normalized spacial score (nSPS) is 41.2. The summed E-state index contributed by atoms with van der Waals surface area (Å²) in [5.74, 6) is 1.94. The number of rotatable bonds is 6. The molecule has 1 unspecified atom stereocenters. The number of fused-ring (bicyclic) bond motifs is 5. The standard InChI is InChI=1S/C25H42O2Si/c1-5-6-12-22(27-28(3)4)25-15-9-11-20(25)23-19(13-16-25)24(2)14-8-7-10-18(24)17-21(23)26/h17,19-20,22-23,28H,5-16H2,1-4H3/t19-,20-,22?,23+,24-,25+/m0/s1. The molecule has 158 valence electrons. The van der Waals surface area contributed by atoms with Crippen molar-refractivity contribution in [3.63, 3.8) is 0 Å². The summed E-state index contributed by atoms with van der Waals surface area (Å²) in [5.41, 5.74) is 2.10. The highest BCUT2D eigenvalue weighted by atomic mass is 28.3. The molecule has 0 aromatic carbocycles. The minimum absolute atomic E-state index is 0.282. The Hall–Kier alpha value is -0.413. The predicted molar refractivity (Wildman–Crippen MR) is 119 cm³/mol. The van der Waals surface area contributed by atoms with Crippen LogP contribution >= 0.6 is 0 Å². The van der Waals surface area contributed by atoms with Crippen molar-refractivity contribution >= 4 is 14.8 Å². The first-order valence-electron chi connectivity index (χ1n) is 12.3. The van der Waals surface area contributed by atoms with Crippen molar-refractivity contribution in [1.82, 2.24) is 0 Å². The number of carbonyl (C=O) groups is 1. The monoisotopic (exact) mass is 402 g/mol. The fraction of sp³-hybridized carbons (Fsp3) is 0.880. The highest BCUT2D eigenvalue weighted by molar-refractivity contribution is 6.48. The quantitative estimate of drug-likeness (QED) is 0.477. The highest BCUT2D eigenvalue weighted by Crippen LogP contribution is 2.65. The van der Waals surface area contributed by atoms with Gasteiger partial charge in [0.25, 0.3) is 0 Å². The van der Waals surface area contributed by atoms with E-state index in [0.29, 0.717) is 34.6 Å². The molecule has 0 aromatic heterocycles. The van der Waals surface area contributed by atoms with Gasteiger partial charge in [0.15, 0.2) is 14.8 Å². The Bertz CT molecular complexity index is 626. The number of allylic oxidation sites excluding steroid dienone is 2. The molecule has 0 N–H and O–H groups in total. The lowest BCUT2D eigenvalue weighted by atomic mass is 9.47. The Morgan fingerprint density at radius 3 is 2.71 bits per heavy atom. The number of unbranched alkanes of at least 4 members (excludes halogenated alkanes) is 1. The minimum Gasteiger partial charge on any atom is -0.417 e. The van der Waals surface area contributed by atoms with Gasteiger partial charge in [-0.05, 0) is 93.2 Å². The Morgan fingerprint density at radius 1 is 1.14 bits per heavy atom. The van der Waals surface area contributed by atoms with E-state index in [1.807, 2.05) is 0 Å². The summed E-state index contributed by atoms with van der Waals surface area (Å²) in [4.78, 5) is 13.5. The number of hydrogen-bond donors (Lipinski definition) is 0. The smallest absolute Gasteiger partial charge is 0.171 e. The SMILES string of the molecule is CCCCC(O[SiH](C)C)[C@@]12CCC[C@H]1[C@@H]1C(=O)C=C3CCCC[C@]3(C)[C@H]1CC2. The number of ketones is 1. The molecule has 0 bridgehead atoms. The molecule has 3 saturated carbocycles. The van der Waals surface area contributed by atoms with Crippen molar-refractivity contribution in [2.24, 2.45) is 28.6 Å². The van der Waals surface area contributed by atoms with Gasteiger partial charge in [-0.1, -0.05) is 45.1 Å². The summed E-state index contributed by atoms with van der Waals surface area (Å²) in [5, 5.41) is 0. The van der Waals surface area contributed by atoms with Crippen LogP contribution in [-0.2, 0) is 9.22 Å². The van der Waals surface area contributed by atoms with Crippen LogP contribution in [-0.4, -0.2) is 20.9 Å². The highest BCUT2D eigenvalue weighted by Gasteiger charge is 2.61. The molecule has 0 spiro atoms. The van der Waals surface area contributed by atoms with E-state index in [2.05, 4.69) is 33.0 Å². The zero-order valence-electron chi connectivity index (χ0n) is 18.8. The first kappa shape index (κ1) is 20.8. The van der Waals surface area contributed by atoms with Gasteiger partial charge in [0.2, 0.25) is 0 Å². The fourth-order valence-electron chi connectivity index (χ4n) is 7.92. The van der Waals surface area contributed by atoms with Crippen molar-refractivity contribution in [3.8, 4) is 0 Å². The Balaban J connectivity index is 1.68. The molecule has 2 nitrogen and oxygen atoms in total. The van der Waals surface area contributed by atoms with Gasteiger partial charge in [-0.3, -0.25) is 4.79 Å². The van der Waals surface area contributed by atoms with Crippen LogP contribution in [0.25, 0.3) is 0 Å². The zero-order chi connectivity index (χ0) is 19.9. The summed E-state index contributed by atoms with van der Waals surface area (Å²) >= 11 is 0. The van der Waals surface area contributed by atoms with E-state index < -0.39 is 9.04 Å². The van der Waals surface area contributed by atoms with E-state index in [1.54, 1.807) is 0 Å². The maximum atomic E-state index is 13.5.